The largest absolute Gasteiger partial charge is 0.493 e. The fourth-order valence-electron chi connectivity index (χ4n) is 2.04. The summed E-state index contributed by atoms with van der Waals surface area (Å²) in [5.74, 6) is 0.401. The van der Waals surface area contributed by atoms with Gasteiger partial charge in [0.2, 0.25) is 5.91 Å². The maximum Gasteiger partial charge on any atom is 0.242 e. The van der Waals surface area contributed by atoms with Gasteiger partial charge in [0, 0.05) is 6.54 Å². The molecule has 0 aliphatic carbocycles. The van der Waals surface area contributed by atoms with Gasteiger partial charge < -0.3 is 14.8 Å². The second-order valence-corrected chi connectivity index (χ2v) is 5.26. The molecule has 122 valence electrons. The van der Waals surface area contributed by atoms with Crippen molar-refractivity contribution in [2.75, 3.05) is 14.2 Å². The van der Waals surface area contributed by atoms with Crippen LogP contribution in [0.3, 0.4) is 0 Å². The lowest BCUT2D eigenvalue weighted by atomic mass is 10.1. The number of hydrogen-bond acceptors (Lipinski definition) is 3. The first-order valence-electron chi connectivity index (χ1n) is 6.93. The number of methoxy groups -OCH3 is 2. The molecule has 1 unspecified atom stereocenters. The van der Waals surface area contributed by atoms with Gasteiger partial charge in [-0.1, -0.05) is 18.2 Å². The van der Waals surface area contributed by atoms with Crippen LogP contribution in [0, 0.1) is 5.82 Å². The summed E-state index contributed by atoms with van der Waals surface area (Å²) in [7, 11) is 3.05. The summed E-state index contributed by atoms with van der Waals surface area (Å²) in [5.41, 5.74) is 1.39. The van der Waals surface area contributed by atoms with Crippen molar-refractivity contribution in [3.8, 4) is 11.5 Å². The summed E-state index contributed by atoms with van der Waals surface area (Å²) in [6, 6.07) is 11.0. The Hall–Kier alpha value is -2.27. The number of hydrogen-bond donors (Lipinski definition) is 1. The van der Waals surface area contributed by atoms with E-state index in [0.717, 1.165) is 5.56 Å². The van der Waals surface area contributed by atoms with E-state index >= 15 is 0 Å². The van der Waals surface area contributed by atoms with Gasteiger partial charge in [-0.15, -0.1) is 11.6 Å². The molecule has 0 heterocycles. The molecule has 0 aliphatic rings. The Bertz CT molecular complexity index is 676. The molecule has 0 saturated carbocycles. The minimum absolute atomic E-state index is 0.273. The highest BCUT2D eigenvalue weighted by Crippen LogP contribution is 2.32. The first-order chi connectivity index (χ1) is 11.0. The number of carbonyl (C=O) groups is 1. The van der Waals surface area contributed by atoms with E-state index in [-0.39, 0.29) is 18.3 Å². The molecular weight excluding hydrogens is 321 g/mol. The van der Waals surface area contributed by atoms with Crippen molar-refractivity contribution in [2.24, 2.45) is 0 Å². The van der Waals surface area contributed by atoms with E-state index in [2.05, 4.69) is 5.32 Å². The van der Waals surface area contributed by atoms with Gasteiger partial charge in [-0.25, -0.2) is 4.39 Å². The van der Waals surface area contributed by atoms with Crippen molar-refractivity contribution >= 4 is 17.5 Å². The van der Waals surface area contributed by atoms with Crippen LogP contribution in [-0.2, 0) is 11.3 Å². The van der Waals surface area contributed by atoms with Crippen LogP contribution in [0.1, 0.15) is 16.5 Å². The monoisotopic (exact) mass is 337 g/mol. The molecule has 23 heavy (non-hydrogen) atoms. The fourth-order valence-corrected chi connectivity index (χ4v) is 2.26. The fraction of sp³-hybridized carbons (Fsp3) is 0.235. The van der Waals surface area contributed by atoms with Crippen molar-refractivity contribution in [3.05, 3.63) is 59.4 Å². The molecule has 1 amide bonds. The minimum atomic E-state index is -0.866. The first kappa shape index (κ1) is 17.1. The number of carbonyl (C=O) groups excluding carboxylic acids is 1. The van der Waals surface area contributed by atoms with E-state index in [1.54, 1.807) is 30.3 Å². The number of benzene rings is 2. The van der Waals surface area contributed by atoms with Gasteiger partial charge in [-0.05, 0) is 35.4 Å². The molecule has 4 nitrogen and oxygen atoms in total. The summed E-state index contributed by atoms with van der Waals surface area (Å²) in [6.45, 7) is 0.273. The van der Waals surface area contributed by atoms with Gasteiger partial charge in [0.05, 0.1) is 14.2 Å². The molecule has 1 atom stereocenters. The summed E-state index contributed by atoms with van der Waals surface area (Å²) >= 11 is 6.20. The average Bonchev–Trinajstić information content (AvgIpc) is 2.59. The van der Waals surface area contributed by atoms with E-state index in [0.29, 0.717) is 17.1 Å². The van der Waals surface area contributed by atoms with Crippen LogP contribution in [-0.4, -0.2) is 20.1 Å². The zero-order valence-corrected chi connectivity index (χ0v) is 13.6. The average molecular weight is 338 g/mol. The minimum Gasteiger partial charge on any atom is -0.493 e. The third-order valence-electron chi connectivity index (χ3n) is 3.31. The maximum atomic E-state index is 12.8. The Morgan fingerprint density at radius 1 is 1.13 bits per heavy atom. The van der Waals surface area contributed by atoms with Crippen molar-refractivity contribution in [3.63, 3.8) is 0 Å². The predicted molar refractivity (Wildman–Crippen MR) is 86.4 cm³/mol. The molecule has 2 rings (SSSR count). The van der Waals surface area contributed by atoms with E-state index in [9.17, 15) is 9.18 Å². The number of alkyl halides is 1. The lowest BCUT2D eigenvalue weighted by Gasteiger charge is -2.14. The number of ether oxygens (including phenoxy) is 2. The summed E-state index contributed by atoms with van der Waals surface area (Å²) in [5, 5.41) is 1.85. The van der Waals surface area contributed by atoms with Gasteiger partial charge in [-0.2, -0.15) is 0 Å². The Morgan fingerprint density at radius 3 is 2.39 bits per heavy atom. The lowest BCUT2D eigenvalue weighted by molar-refractivity contribution is -0.121. The summed E-state index contributed by atoms with van der Waals surface area (Å²) < 4.78 is 23.2. The predicted octanol–water partition coefficient (Wildman–Crippen LogP) is 3.44. The normalized spacial score (nSPS) is 11.7. The van der Waals surface area contributed by atoms with Crippen LogP contribution >= 0.6 is 11.6 Å². The van der Waals surface area contributed by atoms with Gasteiger partial charge in [-0.3, -0.25) is 4.79 Å². The third-order valence-corrected chi connectivity index (χ3v) is 3.76. The Morgan fingerprint density at radius 2 is 1.78 bits per heavy atom. The van der Waals surface area contributed by atoms with Gasteiger partial charge in [0.25, 0.3) is 0 Å². The standard InChI is InChI=1S/C17H17ClFNO3/c1-22-14-8-5-12(9-15(14)23-2)16(18)17(21)20-10-11-3-6-13(19)7-4-11/h3-9,16H,10H2,1-2H3,(H,20,21). The van der Waals surface area contributed by atoms with Crippen LogP contribution in [0.4, 0.5) is 4.39 Å². The van der Waals surface area contributed by atoms with Crippen LogP contribution in [0.15, 0.2) is 42.5 Å². The second kappa shape index (κ2) is 7.83. The molecule has 0 bridgehead atoms. The van der Waals surface area contributed by atoms with Crippen LogP contribution < -0.4 is 14.8 Å². The quantitative estimate of drug-likeness (QED) is 0.821. The van der Waals surface area contributed by atoms with Crippen LogP contribution in [0.5, 0.6) is 11.5 Å². The smallest absolute Gasteiger partial charge is 0.242 e. The zero-order valence-electron chi connectivity index (χ0n) is 12.8. The molecule has 2 aromatic rings. The Kier molecular flexibility index (Phi) is 5.82. The number of amides is 1. The van der Waals surface area contributed by atoms with E-state index in [4.69, 9.17) is 21.1 Å². The van der Waals surface area contributed by atoms with E-state index in [1.807, 2.05) is 0 Å². The number of rotatable bonds is 6. The zero-order chi connectivity index (χ0) is 16.8. The number of halogens is 2. The van der Waals surface area contributed by atoms with Gasteiger partial charge >= 0.3 is 0 Å². The SMILES string of the molecule is COc1ccc(C(Cl)C(=O)NCc2ccc(F)cc2)cc1OC. The highest BCUT2D eigenvalue weighted by Gasteiger charge is 2.19. The van der Waals surface area contributed by atoms with E-state index < -0.39 is 5.38 Å². The molecule has 6 heteroatoms. The first-order valence-corrected chi connectivity index (χ1v) is 7.37. The third kappa shape index (κ3) is 4.36. The van der Waals surface area contributed by atoms with Crippen LogP contribution in [0.2, 0.25) is 0 Å². The lowest BCUT2D eigenvalue weighted by Crippen LogP contribution is -2.26. The van der Waals surface area contributed by atoms with E-state index in [1.165, 1.54) is 26.4 Å². The highest BCUT2D eigenvalue weighted by atomic mass is 35.5. The molecule has 0 radical (unpaired) electrons. The molecule has 1 N–H and O–H groups in total. The Balaban J connectivity index is 2.03. The van der Waals surface area contributed by atoms with Crippen molar-refractivity contribution in [2.45, 2.75) is 11.9 Å². The second-order valence-electron chi connectivity index (χ2n) is 4.82. The Labute approximate surface area is 139 Å². The highest BCUT2D eigenvalue weighted by molar-refractivity contribution is 6.30. The molecule has 2 aromatic carbocycles. The van der Waals surface area contributed by atoms with Crippen molar-refractivity contribution in [1.82, 2.24) is 5.32 Å². The summed E-state index contributed by atoms with van der Waals surface area (Å²) in [6.07, 6.45) is 0. The molecule has 0 saturated heterocycles. The molecule has 0 aliphatic heterocycles. The maximum absolute atomic E-state index is 12.8. The molecule has 0 spiro atoms. The van der Waals surface area contributed by atoms with Crippen molar-refractivity contribution < 1.29 is 18.7 Å². The van der Waals surface area contributed by atoms with Gasteiger partial charge in [0.15, 0.2) is 11.5 Å². The topological polar surface area (TPSA) is 47.6 Å². The number of nitrogens with one attached hydrogen (secondary N) is 1. The molecular formula is C17H17ClFNO3. The summed E-state index contributed by atoms with van der Waals surface area (Å²) in [4.78, 5) is 12.1. The van der Waals surface area contributed by atoms with Gasteiger partial charge in [0.1, 0.15) is 11.2 Å². The molecule has 0 aromatic heterocycles. The van der Waals surface area contributed by atoms with Crippen LogP contribution in [0.25, 0.3) is 0 Å². The van der Waals surface area contributed by atoms with Crippen molar-refractivity contribution in [1.29, 1.82) is 0 Å². The molecule has 0 fully saturated rings.